The minimum Gasteiger partial charge on any atom is -0.497 e. The highest BCUT2D eigenvalue weighted by Gasteiger charge is 2.26. The molecule has 0 aliphatic heterocycles. The average Bonchev–Trinajstić information content (AvgIpc) is 3.28. The van der Waals surface area contributed by atoms with Gasteiger partial charge < -0.3 is 10.1 Å². The van der Waals surface area contributed by atoms with Crippen molar-refractivity contribution in [2.75, 3.05) is 13.7 Å². The van der Waals surface area contributed by atoms with Crippen LogP contribution in [0.4, 0.5) is 0 Å². The van der Waals surface area contributed by atoms with Gasteiger partial charge in [-0.3, -0.25) is 0 Å². The van der Waals surface area contributed by atoms with Crippen LogP contribution in [0.15, 0.2) is 24.3 Å². The highest BCUT2D eigenvalue weighted by Crippen LogP contribution is 2.20. The fourth-order valence-corrected chi connectivity index (χ4v) is 3.23. The average molecular weight is 312 g/mol. The lowest BCUT2D eigenvalue weighted by molar-refractivity contribution is 0.414. The largest absolute Gasteiger partial charge is 0.497 e. The normalized spacial score (nSPS) is 18.2. The van der Waals surface area contributed by atoms with Crippen LogP contribution < -0.4 is 14.8 Å². The Kier molecular flexibility index (Phi) is 5.24. The summed E-state index contributed by atoms with van der Waals surface area (Å²) in [5, 5.41) is 2.81. The van der Waals surface area contributed by atoms with Crippen molar-refractivity contribution >= 4 is 10.0 Å². The van der Waals surface area contributed by atoms with Gasteiger partial charge in [0, 0.05) is 18.6 Å². The number of hydrogen-bond acceptors (Lipinski definition) is 4. The number of benzene rings is 1. The smallest absolute Gasteiger partial charge is 0.216 e. The molecule has 0 heterocycles. The fourth-order valence-electron chi connectivity index (χ4n) is 2.05. The molecule has 6 heteroatoms. The summed E-state index contributed by atoms with van der Waals surface area (Å²) in [7, 11) is -1.73. The third kappa shape index (κ3) is 4.69. The van der Waals surface area contributed by atoms with Gasteiger partial charge in [-0.15, -0.1) is 0 Å². The fraction of sp³-hybridized carbons (Fsp3) is 0.600. The Labute approximate surface area is 127 Å². The molecule has 0 aromatic heterocycles. The molecule has 0 amide bonds. The molecule has 0 saturated heterocycles. The molecule has 2 rings (SSSR count). The van der Waals surface area contributed by atoms with Gasteiger partial charge in [-0.1, -0.05) is 12.1 Å². The summed E-state index contributed by atoms with van der Waals surface area (Å²) < 4.78 is 32.4. The van der Waals surface area contributed by atoms with E-state index in [1.807, 2.05) is 31.2 Å². The van der Waals surface area contributed by atoms with Crippen molar-refractivity contribution in [2.45, 2.75) is 44.0 Å². The van der Waals surface area contributed by atoms with E-state index in [1.54, 1.807) is 14.0 Å². The summed E-state index contributed by atoms with van der Waals surface area (Å²) >= 11 is 0. The second kappa shape index (κ2) is 6.77. The monoisotopic (exact) mass is 312 g/mol. The zero-order valence-corrected chi connectivity index (χ0v) is 13.6. The van der Waals surface area contributed by atoms with Crippen molar-refractivity contribution in [3.8, 4) is 5.75 Å². The maximum Gasteiger partial charge on any atom is 0.216 e. The van der Waals surface area contributed by atoms with Crippen molar-refractivity contribution in [3.05, 3.63) is 29.8 Å². The van der Waals surface area contributed by atoms with Gasteiger partial charge in [0.2, 0.25) is 10.0 Å². The molecule has 2 N–H and O–H groups in total. The third-order valence-electron chi connectivity index (χ3n) is 3.76. The van der Waals surface area contributed by atoms with E-state index in [1.165, 1.54) is 0 Å². The predicted molar refractivity (Wildman–Crippen MR) is 84.0 cm³/mol. The van der Waals surface area contributed by atoms with Gasteiger partial charge in [0.05, 0.1) is 12.4 Å². The second-order valence-electron chi connectivity index (χ2n) is 5.65. The summed E-state index contributed by atoms with van der Waals surface area (Å²) in [4.78, 5) is 0. The Morgan fingerprint density at radius 1 is 1.24 bits per heavy atom. The molecule has 1 fully saturated rings. The topological polar surface area (TPSA) is 67.4 Å². The number of sulfonamides is 1. The highest BCUT2D eigenvalue weighted by molar-refractivity contribution is 7.90. The number of rotatable bonds is 8. The summed E-state index contributed by atoms with van der Waals surface area (Å²) in [6.07, 6.45) is 2.31. The van der Waals surface area contributed by atoms with Gasteiger partial charge in [0.1, 0.15) is 5.75 Å². The molecule has 0 radical (unpaired) electrons. The zero-order valence-electron chi connectivity index (χ0n) is 12.8. The van der Waals surface area contributed by atoms with Crippen LogP contribution in [0.1, 0.15) is 38.3 Å². The van der Waals surface area contributed by atoms with E-state index < -0.39 is 15.3 Å². The lowest BCUT2D eigenvalue weighted by Crippen LogP contribution is -2.40. The minimum absolute atomic E-state index is 0.260. The molecule has 118 valence electrons. The van der Waals surface area contributed by atoms with Crippen LogP contribution in [0.5, 0.6) is 5.75 Å². The number of ether oxygens (including phenoxy) is 1. The Balaban J connectivity index is 1.93. The van der Waals surface area contributed by atoms with Crippen LogP contribution in [0.3, 0.4) is 0 Å². The molecule has 1 aromatic carbocycles. The van der Waals surface area contributed by atoms with E-state index in [9.17, 15) is 8.42 Å². The van der Waals surface area contributed by atoms with E-state index >= 15 is 0 Å². The number of nitrogens with one attached hydrogen (secondary N) is 2. The van der Waals surface area contributed by atoms with Gasteiger partial charge in [-0.25, -0.2) is 13.1 Å². The van der Waals surface area contributed by atoms with Crippen molar-refractivity contribution in [2.24, 2.45) is 0 Å². The summed E-state index contributed by atoms with van der Waals surface area (Å²) in [6, 6.07) is 7.67. The summed E-state index contributed by atoms with van der Waals surface area (Å²) in [5.41, 5.74) is 0.918. The van der Waals surface area contributed by atoms with Crippen molar-refractivity contribution in [1.29, 1.82) is 0 Å². The molecule has 0 spiro atoms. The maximum absolute atomic E-state index is 12.3. The van der Waals surface area contributed by atoms with Gasteiger partial charge in [-0.05, 0) is 44.4 Å². The molecule has 1 aromatic rings. The van der Waals surface area contributed by atoms with E-state index in [4.69, 9.17) is 4.74 Å². The van der Waals surface area contributed by atoms with Crippen molar-refractivity contribution in [1.82, 2.24) is 10.0 Å². The third-order valence-corrected chi connectivity index (χ3v) is 5.67. The van der Waals surface area contributed by atoms with Crippen LogP contribution in [-0.4, -0.2) is 33.4 Å². The Morgan fingerprint density at radius 3 is 2.38 bits per heavy atom. The minimum atomic E-state index is -3.33. The first-order valence-corrected chi connectivity index (χ1v) is 8.85. The summed E-state index contributed by atoms with van der Waals surface area (Å²) in [6.45, 7) is 4.08. The van der Waals surface area contributed by atoms with Gasteiger partial charge in [0.25, 0.3) is 0 Å². The lowest BCUT2D eigenvalue weighted by atomic mass is 10.1. The SMILES string of the molecule is COc1ccc(C(C)NS(=O)(=O)C(C)CNC2CC2)cc1. The first-order valence-electron chi connectivity index (χ1n) is 7.31. The molecule has 1 aliphatic rings. The standard InChI is InChI=1S/C15H24N2O3S/c1-11(10-16-14-6-7-14)21(18,19)17-12(2)13-4-8-15(20-3)9-5-13/h4-5,8-9,11-12,14,16-17H,6-7,10H2,1-3H3. The first kappa shape index (κ1) is 16.3. The van der Waals surface area contributed by atoms with Gasteiger partial charge in [-0.2, -0.15) is 0 Å². The van der Waals surface area contributed by atoms with Crippen molar-refractivity contribution < 1.29 is 13.2 Å². The molecular weight excluding hydrogens is 288 g/mol. The second-order valence-corrected chi connectivity index (χ2v) is 7.78. The van der Waals surface area contributed by atoms with E-state index in [0.717, 1.165) is 24.2 Å². The van der Waals surface area contributed by atoms with Crippen LogP contribution in [0.25, 0.3) is 0 Å². The Bertz CT molecular complexity index is 553. The lowest BCUT2D eigenvalue weighted by Gasteiger charge is -2.19. The summed E-state index contributed by atoms with van der Waals surface area (Å²) in [5.74, 6) is 0.760. The van der Waals surface area contributed by atoms with Crippen LogP contribution in [0, 0.1) is 0 Å². The number of hydrogen-bond donors (Lipinski definition) is 2. The maximum atomic E-state index is 12.3. The van der Waals surface area contributed by atoms with Crippen molar-refractivity contribution in [3.63, 3.8) is 0 Å². The number of methoxy groups -OCH3 is 1. The molecule has 5 nitrogen and oxygen atoms in total. The van der Waals surface area contributed by atoms with Crippen LogP contribution in [-0.2, 0) is 10.0 Å². The molecule has 1 saturated carbocycles. The predicted octanol–water partition coefficient (Wildman–Crippen LogP) is 1.82. The highest BCUT2D eigenvalue weighted by atomic mass is 32.2. The van der Waals surface area contributed by atoms with E-state index in [0.29, 0.717) is 12.6 Å². The van der Waals surface area contributed by atoms with E-state index in [-0.39, 0.29) is 6.04 Å². The molecule has 21 heavy (non-hydrogen) atoms. The molecule has 2 unspecified atom stereocenters. The van der Waals surface area contributed by atoms with Gasteiger partial charge >= 0.3 is 0 Å². The molecular formula is C15H24N2O3S. The molecule has 2 atom stereocenters. The Morgan fingerprint density at radius 2 is 1.86 bits per heavy atom. The van der Waals surface area contributed by atoms with Crippen LogP contribution in [0.2, 0.25) is 0 Å². The Hall–Kier alpha value is -1.11. The van der Waals surface area contributed by atoms with Gasteiger partial charge in [0.15, 0.2) is 0 Å². The van der Waals surface area contributed by atoms with E-state index in [2.05, 4.69) is 10.0 Å². The molecule has 0 bridgehead atoms. The molecule has 1 aliphatic carbocycles. The van der Waals surface area contributed by atoms with Crippen LogP contribution >= 0.6 is 0 Å². The zero-order chi connectivity index (χ0) is 15.5. The quantitative estimate of drug-likeness (QED) is 0.768. The first-order chi connectivity index (χ1) is 9.92.